The Morgan fingerprint density at radius 3 is 3.15 bits per heavy atom. The minimum absolute atomic E-state index is 0.108. The van der Waals surface area contributed by atoms with Crippen molar-refractivity contribution in [3.8, 4) is 0 Å². The molecule has 1 aliphatic rings. The van der Waals surface area contributed by atoms with Crippen molar-refractivity contribution in [2.24, 2.45) is 0 Å². The van der Waals surface area contributed by atoms with Gasteiger partial charge in [0.25, 0.3) is 0 Å². The summed E-state index contributed by atoms with van der Waals surface area (Å²) in [5, 5.41) is 7.18. The molecule has 2 aromatic heterocycles. The zero-order chi connectivity index (χ0) is 13.9. The Bertz CT molecular complexity index is 553. The zero-order valence-corrected chi connectivity index (χ0v) is 12.2. The number of hydrogen-bond donors (Lipinski definition) is 0. The van der Waals surface area contributed by atoms with Crippen LogP contribution in [0.5, 0.6) is 0 Å². The van der Waals surface area contributed by atoms with Crippen LogP contribution in [-0.4, -0.2) is 43.6 Å². The lowest BCUT2D eigenvalue weighted by Gasteiger charge is -2.33. The van der Waals surface area contributed by atoms with Crippen LogP contribution in [0.1, 0.15) is 36.7 Å². The number of piperidine rings is 1. The molecule has 2 aromatic rings. The molecule has 0 N–H and O–H groups in total. The first-order valence-electron chi connectivity index (χ1n) is 6.78. The van der Waals surface area contributed by atoms with Crippen molar-refractivity contribution < 1.29 is 4.79 Å². The van der Waals surface area contributed by atoms with Gasteiger partial charge in [-0.1, -0.05) is 0 Å². The average molecular weight is 291 g/mol. The highest BCUT2D eigenvalue weighted by atomic mass is 32.1. The van der Waals surface area contributed by atoms with E-state index in [9.17, 15) is 4.79 Å². The van der Waals surface area contributed by atoms with Gasteiger partial charge >= 0.3 is 0 Å². The average Bonchev–Trinajstić information content (AvgIpc) is 3.18. The molecule has 20 heavy (non-hydrogen) atoms. The Morgan fingerprint density at radius 2 is 2.45 bits per heavy atom. The highest BCUT2D eigenvalue weighted by Crippen LogP contribution is 2.29. The zero-order valence-electron chi connectivity index (χ0n) is 11.3. The van der Waals surface area contributed by atoms with Gasteiger partial charge < -0.3 is 4.90 Å². The molecule has 6 nitrogen and oxygen atoms in total. The second-order valence-corrected chi connectivity index (χ2v) is 5.97. The Balaban J connectivity index is 1.69. The molecule has 0 saturated carbocycles. The molecule has 0 bridgehead atoms. The molecule has 1 aliphatic heterocycles. The van der Waals surface area contributed by atoms with Crippen LogP contribution in [0.25, 0.3) is 0 Å². The van der Waals surface area contributed by atoms with E-state index in [2.05, 4.69) is 15.1 Å². The molecule has 1 saturated heterocycles. The fraction of sp³-hybridized carbons (Fsp3) is 0.538. The third kappa shape index (κ3) is 2.58. The summed E-state index contributed by atoms with van der Waals surface area (Å²) in [6.45, 7) is 3.44. The van der Waals surface area contributed by atoms with Gasteiger partial charge in [0, 0.05) is 30.6 Å². The van der Waals surface area contributed by atoms with Gasteiger partial charge in [-0.3, -0.25) is 4.79 Å². The summed E-state index contributed by atoms with van der Waals surface area (Å²) in [5.41, 5.74) is 0. The first-order chi connectivity index (χ1) is 9.75. The smallest absolute Gasteiger partial charge is 0.247 e. The van der Waals surface area contributed by atoms with E-state index in [1.54, 1.807) is 22.3 Å². The van der Waals surface area contributed by atoms with Crippen LogP contribution in [0.2, 0.25) is 0 Å². The summed E-state index contributed by atoms with van der Waals surface area (Å²) in [5.74, 6) is 0.479. The second kappa shape index (κ2) is 5.70. The molecular formula is C13H17N5OS. The SMILES string of the molecule is C[C@H](C(=O)N1CCC[C@@H](c2nccs2)C1)n1cncn1. The van der Waals surface area contributed by atoms with Gasteiger partial charge in [0.05, 0.1) is 5.01 Å². The van der Waals surface area contributed by atoms with E-state index in [0.29, 0.717) is 5.92 Å². The van der Waals surface area contributed by atoms with E-state index >= 15 is 0 Å². The molecule has 3 rings (SSSR count). The molecule has 3 heterocycles. The van der Waals surface area contributed by atoms with E-state index in [1.165, 1.54) is 6.33 Å². The predicted molar refractivity (Wildman–Crippen MR) is 75.4 cm³/mol. The molecule has 0 radical (unpaired) electrons. The molecule has 1 amide bonds. The normalized spacial score (nSPS) is 20.9. The summed E-state index contributed by atoms with van der Waals surface area (Å²) in [6.07, 6.45) is 7.01. The molecule has 106 valence electrons. The topological polar surface area (TPSA) is 63.9 Å². The molecule has 0 aromatic carbocycles. The lowest BCUT2D eigenvalue weighted by atomic mass is 9.98. The predicted octanol–water partition coefficient (Wildman–Crippen LogP) is 1.70. The minimum Gasteiger partial charge on any atom is -0.340 e. The number of thiazole rings is 1. The molecule has 1 fully saturated rings. The maximum Gasteiger partial charge on any atom is 0.247 e. The lowest BCUT2D eigenvalue weighted by molar-refractivity contribution is -0.135. The Labute approximate surface area is 121 Å². The van der Waals surface area contributed by atoms with Gasteiger partial charge in [0.15, 0.2) is 0 Å². The third-order valence-corrected chi connectivity index (χ3v) is 4.66. The van der Waals surface area contributed by atoms with Crippen molar-refractivity contribution in [2.75, 3.05) is 13.1 Å². The van der Waals surface area contributed by atoms with Crippen LogP contribution in [-0.2, 0) is 4.79 Å². The maximum atomic E-state index is 12.5. The van der Waals surface area contributed by atoms with Crippen molar-refractivity contribution in [1.29, 1.82) is 0 Å². The van der Waals surface area contributed by atoms with Crippen molar-refractivity contribution in [3.63, 3.8) is 0 Å². The fourth-order valence-corrected chi connectivity index (χ4v) is 3.38. The molecule has 0 unspecified atom stereocenters. The van der Waals surface area contributed by atoms with Crippen molar-refractivity contribution in [1.82, 2.24) is 24.6 Å². The summed E-state index contributed by atoms with van der Waals surface area (Å²) in [7, 11) is 0. The summed E-state index contributed by atoms with van der Waals surface area (Å²) >= 11 is 1.67. The lowest BCUT2D eigenvalue weighted by Crippen LogP contribution is -2.42. The number of carbonyl (C=O) groups excluding carboxylic acids is 1. The summed E-state index contributed by atoms with van der Waals surface area (Å²) < 4.78 is 1.61. The third-order valence-electron chi connectivity index (χ3n) is 3.72. The number of rotatable bonds is 3. The highest BCUT2D eigenvalue weighted by Gasteiger charge is 2.29. The molecule has 7 heteroatoms. The number of carbonyl (C=O) groups is 1. The van der Waals surface area contributed by atoms with Crippen molar-refractivity contribution in [2.45, 2.75) is 31.7 Å². The molecular weight excluding hydrogens is 274 g/mol. The summed E-state index contributed by atoms with van der Waals surface area (Å²) in [4.78, 5) is 22.7. The maximum absolute atomic E-state index is 12.5. The highest BCUT2D eigenvalue weighted by molar-refractivity contribution is 7.09. The van der Waals surface area contributed by atoms with Gasteiger partial charge in [0.2, 0.25) is 5.91 Å². The number of likely N-dealkylation sites (tertiary alicyclic amines) is 1. The first-order valence-corrected chi connectivity index (χ1v) is 7.66. The second-order valence-electron chi connectivity index (χ2n) is 5.05. The van der Waals surface area contributed by atoms with Gasteiger partial charge in [-0.2, -0.15) is 5.10 Å². The molecule has 0 aliphatic carbocycles. The van der Waals surface area contributed by atoms with Gasteiger partial charge in [-0.15, -0.1) is 11.3 Å². The van der Waals surface area contributed by atoms with E-state index in [4.69, 9.17) is 0 Å². The number of nitrogens with zero attached hydrogens (tertiary/aromatic N) is 5. The van der Waals surface area contributed by atoms with E-state index in [0.717, 1.165) is 30.9 Å². The van der Waals surface area contributed by atoms with Crippen molar-refractivity contribution in [3.05, 3.63) is 29.2 Å². The van der Waals surface area contributed by atoms with E-state index in [-0.39, 0.29) is 11.9 Å². The van der Waals surface area contributed by atoms with Gasteiger partial charge in [-0.05, 0) is 19.8 Å². The molecule has 0 spiro atoms. The van der Waals surface area contributed by atoms with E-state index < -0.39 is 0 Å². The van der Waals surface area contributed by atoms with Crippen molar-refractivity contribution >= 4 is 17.2 Å². The quantitative estimate of drug-likeness (QED) is 0.863. The first kappa shape index (κ1) is 13.2. The van der Waals surface area contributed by atoms with E-state index in [1.807, 2.05) is 23.4 Å². The largest absolute Gasteiger partial charge is 0.340 e. The standard InChI is InChI=1S/C13H17N5OS/c1-10(18-9-14-8-16-18)13(19)17-5-2-3-11(7-17)12-15-4-6-20-12/h4,6,8-11H,2-3,5,7H2,1H3/t10-,11-/m1/s1. The van der Waals surface area contributed by atoms with Gasteiger partial charge in [-0.25, -0.2) is 14.6 Å². The fourth-order valence-electron chi connectivity index (χ4n) is 2.61. The minimum atomic E-state index is -0.299. The number of aromatic nitrogens is 4. The van der Waals surface area contributed by atoms with Gasteiger partial charge in [0.1, 0.15) is 18.7 Å². The van der Waals surface area contributed by atoms with Crippen LogP contribution in [0, 0.1) is 0 Å². The number of hydrogen-bond acceptors (Lipinski definition) is 5. The Morgan fingerprint density at radius 1 is 1.55 bits per heavy atom. The summed E-state index contributed by atoms with van der Waals surface area (Å²) in [6, 6.07) is -0.299. The number of amides is 1. The Kier molecular flexibility index (Phi) is 3.77. The Hall–Kier alpha value is -1.76. The van der Waals surface area contributed by atoms with Crippen LogP contribution in [0.15, 0.2) is 24.2 Å². The molecule has 2 atom stereocenters. The van der Waals surface area contributed by atoms with Crippen LogP contribution in [0.3, 0.4) is 0 Å². The van der Waals surface area contributed by atoms with Crippen LogP contribution < -0.4 is 0 Å². The monoisotopic (exact) mass is 291 g/mol. The van der Waals surface area contributed by atoms with Crippen LogP contribution in [0.4, 0.5) is 0 Å². The van der Waals surface area contributed by atoms with Crippen LogP contribution >= 0.6 is 11.3 Å².